The topological polar surface area (TPSA) is 50.1 Å². The molecule has 0 radical (unpaired) electrons. The van der Waals surface area contributed by atoms with E-state index in [1.165, 1.54) is 60.9 Å². The second kappa shape index (κ2) is 9.78. The summed E-state index contributed by atoms with van der Waals surface area (Å²) in [5.41, 5.74) is 6.49. The van der Waals surface area contributed by atoms with Crippen LogP contribution < -0.4 is 4.74 Å². The molecule has 0 atom stereocenters. The van der Waals surface area contributed by atoms with Crippen molar-refractivity contribution in [3.63, 3.8) is 0 Å². The Labute approximate surface area is 188 Å². The summed E-state index contributed by atoms with van der Waals surface area (Å²) in [4.78, 5) is 12.6. The van der Waals surface area contributed by atoms with Crippen LogP contribution in [0.15, 0.2) is 54.6 Å². The maximum absolute atomic E-state index is 13.8. The SMILES string of the molecule is CCCCCCCc1ccc2c(c1)Cc1cc(C(=O)Oc3ccc(C#N)c(F)c3)ccc1-2. The fourth-order valence-electron chi connectivity index (χ4n) is 4.30. The molecule has 0 aliphatic heterocycles. The molecule has 3 aromatic rings. The van der Waals surface area contributed by atoms with Gasteiger partial charge in [0.1, 0.15) is 17.6 Å². The fourth-order valence-corrected chi connectivity index (χ4v) is 4.30. The molecule has 1 aliphatic carbocycles. The number of carbonyl (C=O) groups is 1. The summed E-state index contributed by atoms with van der Waals surface area (Å²) in [7, 11) is 0. The zero-order chi connectivity index (χ0) is 22.5. The second-order valence-electron chi connectivity index (χ2n) is 8.35. The molecule has 0 heterocycles. The first kappa shape index (κ1) is 21.8. The molecule has 0 aromatic heterocycles. The maximum atomic E-state index is 13.8. The van der Waals surface area contributed by atoms with Crippen LogP contribution in [0, 0.1) is 17.1 Å². The Morgan fingerprint density at radius 3 is 2.47 bits per heavy atom. The number of hydrogen-bond donors (Lipinski definition) is 0. The Morgan fingerprint density at radius 1 is 0.969 bits per heavy atom. The van der Waals surface area contributed by atoms with Gasteiger partial charge in [-0.15, -0.1) is 0 Å². The first-order chi connectivity index (χ1) is 15.6. The van der Waals surface area contributed by atoms with Gasteiger partial charge in [0.2, 0.25) is 0 Å². The molecule has 1 aliphatic rings. The maximum Gasteiger partial charge on any atom is 0.343 e. The summed E-state index contributed by atoms with van der Waals surface area (Å²) in [6.45, 7) is 2.23. The minimum Gasteiger partial charge on any atom is -0.423 e. The van der Waals surface area contributed by atoms with Crippen molar-refractivity contribution in [2.45, 2.75) is 51.9 Å². The van der Waals surface area contributed by atoms with Gasteiger partial charge < -0.3 is 4.74 Å². The normalized spacial score (nSPS) is 11.5. The summed E-state index contributed by atoms with van der Waals surface area (Å²) in [5, 5.41) is 8.83. The minimum atomic E-state index is -0.705. The molecule has 0 amide bonds. The Kier molecular flexibility index (Phi) is 6.66. The summed E-state index contributed by atoms with van der Waals surface area (Å²) >= 11 is 0. The van der Waals surface area contributed by atoms with Crippen LogP contribution >= 0.6 is 0 Å². The van der Waals surface area contributed by atoms with Gasteiger partial charge in [-0.05, 0) is 71.3 Å². The van der Waals surface area contributed by atoms with Crippen molar-refractivity contribution < 1.29 is 13.9 Å². The van der Waals surface area contributed by atoms with Gasteiger partial charge in [-0.3, -0.25) is 0 Å². The lowest BCUT2D eigenvalue weighted by atomic mass is 9.99. The van der Waals surface area contributed by atoms with Gasteiger partial charge in [0.25, 0.3) is 0 Å². The molecular weight excluding hydrogens is 401 g/mol. The molecule has 4 rings (SSSR count). The smallest absolute Gasteiger partial charge is 0.343 e. The van der Waals surface area contributed by atoms with E-state index < -0.39 is 11.8 Å². The monoisotopic (exact) mass is 427 g/mol. The highest BCUT2D eigenvalue weighted by Gasteiger charge is 2.21. The highest BCUT2D eigenvalue weighted by Crippen LogP contribution is 2.38. The zero-order valence-corrected chi connectivity index (χ0v) is 18.3. The number of benzene rings is 3. The number of unbranched alkanes of at least 4 members (excludes halogenated alkanes) is 4. The Balaban J connectivity index is 1.44. The summed E-state index contributed by atoms with van der Waals surface area (Å²) in [6.07, 6.45) is 8.27. The molecule has 0 fully saturated rings. The van der Waals surface area contributed by atoms with Crippen LogP contribution in [0.2, 0.25) is 0 Å². The summed E-state index contributed by atoms with van der Waals surface area (Å²) < 4.78 is 19.1. The van der Waals surface area contributed by atoms with E-state index in [0.717, 1.165) is 30.0 Å². The lowest BCUT2D eigenvalue weighted by molar-refractivity contribution is 0.0734. The number of aryl methyl sites for hydroxylation is 1. The van der Waals surface area contributed by atoms with Crippen molar-refractivity contribution in [3.05, 3.63) is 88.2 Å². The number of halogens is 1. The lowest BCUT2D eigenvalue weighted by Crippen LogP contribution is -2.09. The molecule has 0 saturated heterocycles. The van der Waals surface area contributed by atoms with Gasteiger partial charge in [0, 0.05) is 6.07 Å². The van der Waals surface area contributed by atoms with E-state index in [2.05, 4.69) is 25.1 Å². The van der Waals surface area contributed by atoms with E-state index in [4.69, 9.17) is 10.00 Å². The largest absolute Gasteiger partial charge is 0.423 e. The van der Waals surface area contributed by atoms with Crippen molar-refractivity contribution in [1.82, 2.24) is 0 Å². The summed E-state index contributed by atoms with van der Waals surface area (Å²) in [6, 6.07) is 17.8. The first-order valence-corrected chi connectivity index (χ1v) is 11.3. The van der Waals surface area contributed by atoms with Crippen LogP contribution in [0.3, 0.4) is 0 Å². The van der Waals surface area contributed by atoms with E-state index in [9.17, 15) is 9.18 Å². The predicted molar refractivity (Wildman–Crippen MR) is 123 cm³/mol. The van der Waals surface area contributed by atoms with Gasteiger partial charge >= 0.3 is 5.97 Å². The average molecular weight is 428 g/mol. The molecule has 0 unspecified atom stereocenters. The number of esters is 1. The van der Waals surface area contributed by atoms with E-state index in [1.54, 1.807) is 12.1 Å². The number of fused-ring (bicyclic) bond motifs is 3. The van der Waals surface area contributed by atoms with Crippen molar-refractivity contribution in [2.75, 3.05) is 0 Å². The van der Waals surface area contributed by atoms with Gasteiger partial charge in [-0.25, -0.2) is 9.18 Å². The lowest BCUT2D eigenvalue weighted by Gasteiger charge is -2.07. The zero-order valence-electron chi connectivity index (χ0n) is 18.3. The molecular formula is C28H26FNO2. The highest BCUT2D eigenvalue weighted by atomic mass is 19.1. The fraction of sp³-hybridized carbons (Fsp3) is 0.286. The Hall–Kier alpha value is -3.45. The minimum absolute atomic E-state index is 0.0823. The number of nitrogens with zero attached hydrogens (tertiary/aromatic N) is 1. The molecule has 0 bridgehead atoms. The highest BCUT2D eigenvalue weighted by molar-refractivity contribution is 5.93. The van der Waals surface area contributed by atoms with Crippen LogP contribution in [0.1, 0.15) is 71.6 Å². The van der Waals surface area contributed by atoms with Crippen molar-refractivity contribution in [3.8, 4) is 22.9 Å². The quantitative estimate of drug-likeness (QED) is 0.173. The molecule has 0 N–H and O–H groups in total. The van der Waals surface area contributed by atoms with Gasteiger partial charge in [0.05, 0.1) is 11.1 Å². The van der Waals surface area contributed by atoms with E-state index in [0.29, 0.717) is 5.56 Å². The second-order valence-corrected chi connectivity index (χ2v) is 8.35. The number of rotatable bonds is 8. The van der Waals surface area contributed by atoms with Crippen molar-refractivity contribution in [1.29, 1.82) is 5.26 Å². The molecule has 3 aromatic carbocycles. The van der Waals surface area contributed by atoms with Gasteiger partial charge in [-0.2, -0.15) is 5.26 Å². The van der Waals surface area contributed by atoms with Gasteiger partial charge in [0.15, 0.2) is 0 Å². The molecule has 162 valence electrons. The first-order valence-electron chi connectivity index (χ1n) is 11.3. The Morgan fingerprint density at radius 2 is 1.72 bits per heavy atom. The Bertz CT molecular complexity index is 1190. The van der Waals surface area contributed by atoms with E-state index in [-0.39, 0.29) is 11.3 Å². The van der Waals surface area contributed by atoms with Crippen LogP contribution in [0.4, 0.5) is 4.39 Å². The van der Waals surface area contributed by atoms with E-state index >= 15 is 0 Å². The van der Waals surface area contributed by atoms with Crippen LogP contribution in [-0.4, -0.2) is 5.97 Å². The number of ether oxygens (including phenoxy) is 1. The molecule has 0 saturated carbocycles. The van der Waals surface area contributed by atoms with E-state index in [1.807, 2.05) is 12.1 Å². The molecule has 4 heteroatoms. The molecule has 3 nitrogen and oxygen atoms in total. The number of hydrogen-bond acceptors (Lipinski definition) is 3. The third-order valence-electron chi connectivity index (χ3n) is 6.02. The number of nitriles is 1. The van der Waals surface area contributed by atoms with Crippen LogP contribution in [-0.2, 0) is 12.8 Å². The third kappa shape index (κ3) is 4.73. The van der Waals surface area contributed by atoms with Crippen LogP contribution in [0.25, 0.3) is 11.1 Å². The molecule has 32 heavy (non-hydrogen) atoms. The van der Waals surface area contributed by atoms with Gasteiger partial charge in [-0.1, -0.05) is 56.9 Å². The third-order valence-corrected chi connectivity index (χ3v) is 6.02. The standard InChI is InChI=1S/C28H26FNO2/c1-2-3-4-5-6-7-19-8-12-25-22(14-19)16-23-15-20(10-13-26(23)25)28(31)32-24-11-9-21(18-30)27(29)17-24/h8-15,17H,2-7,16H2,1H3. The average Bonchev–Trinajstić information content (AvgIpc) is 3.16. The predicted octanol–water partition coefficient (Wildman–Crippen LogP) is 7.00. The van der Waals surface area contributed by atoms with Crippen LogP contribution in [0.5, 0.6) is 5.75 Å². The molecule has 0 spiro atoms. The number of carbonyl (C=O) groups excluding carboxylic acids is 1. The summed E-state index contributed by atoms with van der Waals surface area (Å²) in [5.74, 6) is -1.16. The van der Waals surface area contributed by atoms with Crippen molar-refractivity contribution >= 4 is 5.97 Å². The van der Waals surface area contributed by atoms with Crippen molar-refractivity contribution in [2.24, 2.45) is 0 Å².